The van der Waals surface area contributed by atoms with Gasteiger partial charge in [-0.05, 0) is 36.1 Å². The summed E-state index contributed by atoms with van der Waals surface area (Å²) in [5.41, 5.74) is 3.12. The van der Waals surface area contributed by atoms with Crippen LogP contribution in [0.5, 0.6) is 0 Å². The lowest BCUT2D eigenvalue weighted by Crippen LogP contribution is -2.35. The molecule has 2 saturated heterocycles. The molecule has 2 aliphatic heterocycles. The molecule has 0 bridgehead atoms. The number of benzene rings is 2. The highest BCUT2D eigenvalue weighted by Gasteiger charge is 2.47. The number of methoxy groups -OCH3 is 1. The molecule has 5 nitrogen and oxygen atoms in total. The molecule has 148 valence electrons. The van der Waals surface area contributed by atoms with Crippen LogP contribution in [-0.2, 0) is 4.74 Å². The molecule has 6 heteroatoms. The van der Waals surface area contributed by atoms with E-state index in [-0.39, 0.29) is 24.4 Å². The molecular formula is C22H25ClN2O3. The highest BCUT2D eigenvalue weighted by molar-refractivity contribution is 6.05. The highest BCUT2D eigenvalue weighted by Crippen LogP contribution is 2.44. The summed E-state index contributed by atoms with van der Waals surface area (Å²) < 4.78 is 4.88. The summed E-state index contributed by atoms with van der Waals surface area (Å²) in [6.07, 6.45) is 0. The van der Waals surface area contributed by atoms with E-state index < -0.39 is 5.97 Å². The Morgan fingerprint density at radius 3 is 2.43 bits per heavy atom. The molecule has 1 N–H and O–H groups in total. The van der Waals surface area contributed by atoms with Crippen LogP contribution in [0.25, 0.3) is 0 Å². The molecular weight excluding hydrogens is 376 g/mol. The molecule has 0 aliphatic carbocycles. The number of amides is 1. The second-order valence-corrected chi connectivity index (χ2v) is 7.38. The van der Waals surface area contributed by atoms with E-state index in [0.717, 1.165) is 13.1 Å². The van der Waals surface area contributed by atoms with Crippen molar-refractivity contribution in [2.75, 3.05) is 26.7 Å². The fraction of sp³-hybridized carbons (Fsp3) is 0.364. The minimum absolute atomic E-state index is 0. The van der Waals surface area contributed by atoms with E-state index in [9.17, 15) is 9.59 Å². The van der Waals surface area contributed by atoms with E-state index in [1.807, 2.05) is 17.0 Å². The lowest BCUT2D eigenvalue weighted by Gasteiger charge is -2.30. The number of nitrogens with one attached hydrogen (secondary N) is 1. The van der Waals surface area contributed by atoms with Gasteiger partial charge in [-0.2, -0.15) is 0 Å². The van der Waals surface area contributed by atoms with Gasteiger partial charge < -0.3 is 15.0 Å². The van der Waals surface area contributed by atoms with Crippen molar-refractivity contribution in [3.63, 3.8) is 0 Å². The number of aryl methyl sites for hydroxylation is 1. The second-order valence-electron chi connectivity index (χ2n) is 7.38. The number of hydrogen-bond acceptors (Lipinski definition) is 4. The maximum atomic E-state index is 13.5. The lowest BCUT2D eigenvalue weighted by molar-refractivity contribution is 0.0586. The van der Waals surface area contributed by atoms with E-state index in [1.165, 1.54) is 18.2 Å². The summed E-state index contributed by atoms with van der Waals surface area (Å²) in [7, 11) is 1.34. The SMILES string of the molecule is COC(=O)c1ccccc1C(=O)N1C[C@@H]2CNC[C@@H]2[C@@H]1c1ccccc1C.Cl. The Hall–Kier alpha value is -2.37. The van der Waals surface area contributed by atoms with Crippen LogP contribution in [0.3, 0.4) is 0 Å². The van der Waals surface area contributed by atoms with Crippen LogP contribution < -0.4 is 5.32 Å². The van der Waals surface area contributed by atoms with Crippen molar-refractivity contribution in [1.29, 1.82) is 0 Å². The Labute approximate surface area is 171 Å². The lowest BCUT2D eigenvalue weighted by atomic mass is 9.87. The van der Waals surface area contributed by atoms with Gasteiger partial charge in [-0.25, -0.2) is 4.79 Å². The van der Waals surface area contributed by atoms with Crippen LogP contribution in [0.2, 0.25) is 0 Å². The Balaban J connectivity index is 0.00000225. The van der Waals surface area contributed by atoms with Gasteiger partial charge in [-0.15, -0.1) is 12.4 Å². The Kier molecular flexibility index (Phi) is 6.06. The number of carbonyl (C=O) groups excluding carboxylic acids is 2. The van der Waals surface area contributed by atoms with Crippen LogP contribution in [-0.4, -0.2) is 43.5 Å². The van der Waals surface area contributed by atoms with Crippen molar-refractivity contribution in [1.82, 2.24) is 10.2 Å². The zero-order valence-corrected chi connectivity index (χ0v) is 16.9. The second kappa shape index (κ2) is 8.33. The Bertz CT molecular complexity index is 886. The van der Waals surface area contributed by atoms with Gasteiger partial charge in [0, 0.05) is 25.6 Å². The van der Waals surface area contributed by atoms with Gasteiger partial charge >= 0.3 is 5.97 Å². The molecule has 0 spiro atoms. The summed E-state index contributed by atoms with van der Waals surface area (Å²) in [6, 6.07) is 15.2. The zero-order chi connectivity index (χ0) is 19.0. The standard InChI is InChI=1S/C22H24N2O3.ClH/c1-14-7-3-4-8-16(14)20-19-12-23-11-15(19)13-24(20)21(25)17-9-5-6-10-18(17)22(26)27-2;/h3-10,15,19-20,23H,11-13H2,1-2H3;1H/t15-,19-,20-;/m0./s1. The van der Waals surface area contributed by atoms with E-state index in [0.29, 0.717) is 29.5 Å². The molecule has 0 saturated carbocycles. The average molecular weight is 401 g/mol. The molecule has 3 atom stereocenters. The van der Waals surface area contributed by atoms with Crippen molar-refractivity contribution in [2.24, 2.45) is 11.8 Å². The van der Waals surface area contributed by atoms with Crippen LogP contribution in [0.1, 0.15) is 37.9 Å². The molecule has 2 aliphatic rings. The first-order valence-electron chi connectivity index (χ1n) is 9.36. The van der Waals surface area contributed by atoms with E-state index >= 15 is 0 Å². The van der Waals surface area contributed by atoms with Crippen molar-refractivity contribution in [3.05, 3.63) is 70.8 Å². The summed E-state index contributed by atoms with van der Waals surface area (Å²) in [5.74, 6) is 0.246. The van der Waals surface area contributed by atoms with Crippen molar-refractivity contribution in [2.45, 2.75) is 13.0 Å². The van der Waals surface area contributed by atoms with Gasteiger partial charge in [0.1, 0.15) is 0 Å². The van der Waals surface area contributed by atoms with Crippen LogP contribution in [0, 0.1) is 18.8 Å². The molecule has 2 aromatic carbocycles. The summed E-state index contributed by atoms with van der Waals surface area (Å²) >= 11 is 0. The quantitative estimate of drug-likeness (QED) is 0.803. The number of rotatable bonds is 3. The largest absolute Gasteiger partial charge is 0.465 e. The number of fused-ring (bicyclic) bond motifs is 1. The number of esters is 1. The summed E-state index contributed by atoms with van der Waals surface area (Å²) in [6.45, 7) is 4.63. The predicted octanol–water partition coefficient (Wildman–Crippen LogP) is 3.24. The summed E-state index contributed by atoms with van der Waals surface area (Å²) in [5, 5.41) is 3.47. The molecule has 28 heavy (non-hydrogen) atoms. The van der Waals surface area contributed by atoms with Crippen LogP contribution >= 0.6 is 12.4 Å². The minimum Gasteiger partial charge on any atom is -0.465 e. The monoisotopic (exact) mass is 400 g/mol. The third-order valence-electron chi connectivity index (χ3n) is 5.90. The predicted molar refractivity (Wildman–Crippen MR) is 110 cm³/mol. The molecule has 2 fully saturated rings. The van der Waals surface area contributed by atoms with Gasteiger partial charge in [0.15, 0.2) is 0 Å². The number of likely N-dealkylation sites (tertiary alicyclic amines) is 1. The first-order chi connectivity index (χ1) is 13.1. The normalized spacial score (nSPS) is 23.1. The van der Waals surface area contributed by atoms with E-state index in [4.69, 9.17) is 4.74 Å². The Morgan fingerprint density at radius 1 is 1.04 bits per heavy atom. The van der Waals surface area contributed by atoms with Gasteiger partial charge in [-0.3, -0.25) is 4.79 Å². The molecule has 2 heterocycles. The molecule has 2 aromatic rings. The molecule has 0 radical (unpaired) electrons. The average Bonchev–Trinajstić information content (AvgIpc) is 3.28. The van der Waals surface area contributed by atoms with Crippen LogP contribution in [0.15, 0.2) is 48.5 Å². The summed E-state index contributed by atoms with van der Waals surface area (Å²) in [4.78, 5) is 27.6. The number of carbonyl (C=O) groups is 2. The van der Waals surface area contributed by atoms with E-state index in [1.54, 1.807) is 24.3 Å². The highest BCUT2D eigenvalue weighted by atomic mass is 35.5. The van der Waals surface area contributed by atoms with E-state index in [2.05, 4.69) is 24.4 Å². The maximum Gasteiger partial charge on any atom is 0.338 e. The first kappa shape index (κ1) is 20.4. The topological polar surface area (TPSA) is 58.6 Å². The number of hydrogen-bond donors (Lipinski definition) is 1. The first-order valence-corrected chi connectivity index (χ1v) is 9.36. The van der Waals surface area contributed by atoms with Crippen molar-refractivity contribution in [3.8, 4) is 0 Å². The molecule has 0 aromatic heterocycles. The fourth-order valence-electron chi connectivity index (χ4n) is 4.56. The molecule has 1 amide bonds. The third-order valence-corrected chi connectivity index (χ3v) is 5.90. The third kappa shape index (κ3) is 3.40. The Morgan fingerprint density at radius 2 is 1.71 bits per heavy atom. The zero-order valence-electron chi connectivity index (χ0n) is 16.1. The smallest absolute Gasteiger partial charge is 0.338 e. The number of halogens is 1. The van der Waals surface area contributed by atoms with Crippen LogP contribution in [0.4, 0.5) is 0 Å². The molecule has 0 unspecified atom stereocenters. The van der Waals surface area contributed by atoms with Gasteiger partial charge in [0.25, 0.3) is 5.91 Å². The van der Waals surface area contributed by atoms with Gasteiger partial charge in [0.05, 0.1) is 24.3 Å². The van der Waals surface area contributed by atoms with Crippen molar-refractivity contribution < 1.29 is 14.3 Å². The maximum absolute atomic E-state index is 13.5. The van der Waals surface area contributed by atoms with Crippen molar-refractivity contribution >= 4 is 24.3 Å². The van der Waals surface area contributed by atoms with Gasteiger partial charge in [0.2, 0.25) is 0 Å². The van der Waals surface area contributed by atoms with Gasteiger partial charge in [-0.1, -0.05) is 36.4 Å². The molecule has 4 rings (SSSR count). The minimum atomic E-state index is -0.479. The fourth-order valence-corrected chi connectivity index (χ4v) is 4.56. The number of ether oxygens (including phenoxy) is 1. The number of nitrogens with zero attached hydrogens (tertiary/aromatic N) is 1.